The Labute approximate surface area is 172 Å². The normalized spacial score (nSPS) is 11.1. The molecule has 3 nitrogen and oxygen atoms in total. The molecule has 2 rings (SSSR count). The summed E-state index contributed by atoms with van der Waals surface area (Å²) in [5, 5.41) is 0. The van der Waals surface area contributed by atoms with Gasteiger partial charge in [-0.1, -0.05) is 12.1 Å². The van der Waals surface area contributed by atoms with Crippen LogP contribution in [0.4, 0.5) is 11.4 Å². The third-order valence-corrected chi connectivity index (χ3v) is 5.66. The van der Waals surface area contributed by atoms with Crippen molar-refractivity contribution in [3.63, 3.8) is 0 Å². The van der Waals surface area contributed by atoms with Crippen molar-refractivity contribution < 1.29 is 4.74 Å². The Hall–Kier alpha value is -2.00. The largest absolute Gasteiger partial charge is 0.372 e. The van der Waals surface area contributed by atoms with Crippen LogP contribution in [0.2, 0.25) is 0 Å². The molecule has 3 heteroatoms. The van der Waals surface area contributed by atoms with E-state index in [0.717, 1.165) is 26.2 Å². The first kappa shape index (κ1) is 22.3. The Morgan fingerprint density at radius 1 is 0.679 bits per heavy atom. The van der Waals surface area contributed by atoms with Crippen molar-refractivity contribution in [3.05, 3.63) is 58.7 Å². The Morgan fingerprint density at radius 2 is 1.07 bits per heavy atom. The number of aryl methyl sites for hydroxylation is 2. The minimum Gasteiger partial charge on any atom is -0.372 e. The van der Waals surface area contributed by atoms with E-state index in [2.05, 4.69) is 94.7 Å². The fourth-order valence-electron chi connectivity index (χ4n) is 3.99. The number of hydrogen-bond acceptors (Lipinski definition) is 3. The molecule has 0 bridgehead atoms. The van der Waals surface area contributed by atoms with Gasteiger partial charge in [0.2, 0.25) is 0 Å². The van der Waals surface area contributed by atoms with Crippen molar-refractivity contribution in [2.75, 3.05) is 42.6 Å². The summed E-state index contributed by atoms with van der Waals surface area (Å²) in [6.45, 7) is 20.1. The van der Waals surface area contributed by atoms with Crippen LogP contribution in [0.25, 0.3) is 0 Å². The molecule has 154 valence electrons. The van der Waals surface area contributed by atoms with Gasteiger partial charge in [-0.2, -0.15) is 0 Å². The summed E-state index contributed by atoms with van der Waals surface area (Å²) in [4.78, 5) is 4.77. The van der Waals surface area contributed by atoms with Crippen LogP contribution in [0.3, 0.4) is 0 Å². The molecule has 0 amide bonds. The molecular formula is C25H38N2O. The molecular weight excluding hydrogens is 344 g/mol. The van der Waals surface area contributed by atoms with Gasteiger partial charge in [-0.3, -0.25) is 0 Å². The van der Waals surface area contributed by atoms with Crippen LogP contribution in [0.5, 0.6) is 0 Å². The standard InChI is InChI=1S/C25H38N2O/c1-8-26(9-2)21-13-15-23(19(6)17-21)25(28-12-5)24-16-14-22(18-20(24)7)27(10-3)11-4/h13-18,25H,8-12H2,1-7H3. The molecule has 0 aliphatic heterocycles. The maximum absolute atomic E-state index is 6.25. The van der Waals surface area contributed by atoms with Crippen LogP contribution in [0, 0.1) is 13.8 Å². The number of hydrogen-bond donors (Lipinski definition) is 0. The lowest BCUT2D eigenvalue weighted by Gasteiger charge is -2.27. The number of anilines is 2. The van der Waals surface area contributed by atoms with Gasteiger partial charge in [0.1, 0.15) is 6.10 Å². The second kappa shape index (κ2) is 10.5. The number of ether oxygens (including phenoxy) is 1. The van der Waals surface area contributed by atoms with E-state index in [1.54, 1.807) is 0 Å². The molecule has 2 aromatic carbocycles. The van der Waals surface area contributed by atoms with E-state index in [9.17, 15) is 0 Å². The highest BCUT2D eigenvalue weighted by atomic mass is 16.5. The lowest BCUT2D eigenvalue weighted by Crippen LogP contribution is -2.22. The van der Waals surface area contributed by atoms with Crippen LogP contribution in [0.15, 0.2) is 36.4 Å². The number of nitrogens with zero attached hydrogens (tertiary/aromatic N) is 2. The van der Waals surface area contributed by atoms with E-state index in [-0.39, 0.29) is 6.10 Å². The Balaban J connectivity index is 2.43. The molecule has 0 saturated heterocycles. The average molecular weight is 383 g/mol. The predicted octanol–water partition coefficient (Wildman–Crippen LogP) is 6.12. The summed E-state index contributed by atoms with van der Waals surface area (Å²) >= 11 is 0. The Morgan fingerprint density at radius 3 is 1.36 bits per heavy atom. The molecule has 0 saturated carbocycles. The smallest absolute Gasteiger partial charge is 0.108 e. The van der Waals surface area contributed by atoms with E-state index in [1.807, 2.05) is 0 Å². The molecule has 0 radical (unpaired) electrons. The predicted molar refractivity (Wildman–Crippen MR) is 123 cm³/mol. The molecule has 0 heterocycles. The summed E-state index contributed by atoms with van der Waals surface area (Å²) in [6, 6.07) is 13.6. The molecule has 28 heavy (non-hydrogen) atoms. The van der Waals surface area contributed by atoms with Crippen molar-refractivity contribution in [1.29, 1.82) is 0 Å². The average Bonchev–Trinajstić information content (AvgIpc) is 2.69. The third-order valence-electron chi connectivity index (χ3n) is 5.66. The zero-order valence-electron chi connectivity index (χ0n) is 18.9. The summed E-state index contributed by atoms with van der Waals surface area (Å²) in [5.74, 6) is 0. The lowest BCUT2D eigenvalue weighted by atomic mass is 9.93. The van der Waals surface area contributed by atoms with Crippen molar-refractivity contribution in [2.24, 2.45) is 0 Å². The van der Waals surface area contributed by atoms with Gasteiger partial charge in [0.05, 0.1) is 0 Å². The molecule has 0 aromatic heterocycles. The molecule has 0 aliphatic carbocycles. The minimum absolute atomic E-state index is 0.0264. The van der Waals surface area contributed by atoms with Gasteiger partial charge >= 0.3 is 0 Å². The highest BCUT2D eigenvalue weighted by molar-refractivity contribution is 5.55. The first-order chi connectivity index (χ1) is 13.5. The maximum atomic E-state index is 6.25. The summed E-state index contributed by atoms with van der Waals surface area (Å²) in [6.07, 6.45) is -0.0264. The first-order valence-electron chi connectivity index (χ1n) is 10.8. The van der Waals surface area contributed by atoms with Crippen LogP contribution >= 0.6 is 0 Å². The second-order valence-electron chi connectivity index (χ2n) is 7.26. The molecule has 0 aliphatic rings. The molecule has 0 spiro atoms. The molecule has 0 fully saturated rings. The van der Waals surface area contributed by atoms with Crippen LogP contribution in [0.1, 0.15) is 63.0 Å². The highest BCUT2D eigenvalue weighted by Gasteiger charge is 2.20. The fourth-order valence-corrected chi connectivity index (χ4v) is 3.99. The summed E-state index contributed by atoms with van der Waals surface area (Å²) in [7, 11) is 0. The van der Waals surface area contributed by atoms with Gasteiger partial charge in [0.25, 0.3) is 0 Å². The monoisotopic (exact) mass is 382 g/mol. The van der Waals surface area contributed by atoms with Crippen molar-refractivity contribution in [1.82, 2.24) is 0 Å². The number of benzene rings is 2. The van der Waals surface area contributed by atoms with Crippen molar-refractivity contribution >= 4 is 11.4 Å². The van der Waals surface area contributed by atoms with Crippen LogP contribution < -0.4 is 9.80 Å². The Bertz CT molecular complexity index is 687. The third kappa shape index (κ3) is 4.88. The highest BCUT2D eigenvalue weighted by Crippen LogP contribution is 2.34. The maximum Gasteiger partial charge on any atom is 0.108 e. The Kier molecular flexibility index (Phi) is 8.37. The van der Waals surface area contributed by atoms with Crippen molar-refractivity contribution in [2.45, 2.75) is 54.6 Å². The van der Waals surface area contributed by atoms with Gasteiger partial charge in [-0.25, -0.2) is 0 Å². The fraction of sp³-hybridized carbons (Fsp3) is 0.520. The zero-order chi connectivity index (χ0) is 20.7. The quantitative estimate of drug-likeness (QED) is 0.492. The lowest BCUT2D eigenvalue weighted by molar-refractivity contribution is 0.0905. The minimum atomic E-state index is -0.0264. The first-order valence-corrected chi connectivity index (χ1v) is 10.8. The number of rotatable bonds is 10. The van der Waals surface area contributed by atoms with E-state index < -0.39 is 0 Å². The SMILES string of the molecule is CCOC(c1ccc(N(CC)CC)cc1C)c1ccc(N(CC)CC)cc1C. The summed E-state index contributed by atoms with van der Waals surface area (Å²) < 4.78 is 6.25. The molecule has 0 unspecified atom stereocenters. The van der Waals surface area contributed by atoms with Gasteiger partial charge in [-0.15, -0.1) is 0 Å². The van der Waals surface area contributed by atoms with E-state index in [0.29, 0.717) is 6.61 Å². The molecule has 0 atom stereocenters. The summed E-state index contributed by atoms with van der Waals surface area (Å²) in [5.41, 5.74) is 7.67. The van der Waals surface area contributed by atoms with Crippen LogP contribution in [-0.2, 0) is 4.74 Å². The van der Waals surface area contributed by atoms with Gasteiger partial charge in [-0.05, 0) is 95.0 Å². The van der Waals surface area contributed by atoms with Crippen LogP contribution in [-0.4, -0.2) is 32.8 Å². The van der Waals surface area contributed by atoms with Gasteiger partial charge < -0.3 is 14.5 Å². The second-order valence-corrected chi connectivity index (χ2v) is 7.26. The zero-order valence-corrected chi connectivity index (χ0v) is 18.9. The van der Waals surface area contributed by atoms with E-state index in [4.69, 9.17) is 4.74 Å². The topological polar surface area (TPSA) is 15.7 Å². The van der Waals surface area contributed by atoms with E-state index >= 15 is 0 Å². The van der Waals surface area contributed by atoms with E-state index in [1.165, 1.54) is 33.6 Å². The van der Waals surface area contributed by atoms with Gasteiger partial charge in [0.15, 0.2) is 0 Å². The molecule has 0 N–H and O–H groups in total. The molecule has 2 aromatic rings. The van der Waals surface area contributed by atoms with Crippen molar-refractivity contribution in [3.8, 4) is 0 Å². The van der Waals surface area contributed by atoms with Gasteiger partial charge in [0, 0.05) is 44.2 Å².